The summed E-state index contributed by atoms with van der Waals surface area (Å²) < 4.78 is 32.7. The third-order valence-electron chi connectivity index (χ3n) is 7.31. The summed E-state index contributed by atoms with van der Waals surface area (Å²) in [7, 11) is 0. The van der Waals surface area contributed by atoms with Gasteiger partial charge in [0.05, 0.1) is 25.4 Å². The molecule has 3 aliphatic heterocycles. The van der Waals surface area contributed by atoms with Crippen LogP contribution in [0.5, 0.6) is 0 Å². The lowest BCUT2D eigenvalue weighted by molar-refractivity contribution is -0.0719. The Morgan fingerprint density at radius 3 is 2.00 bits per heavy atom. The van der Waals surface area contributed by atoms with Crippen molar-refractivity contribution in [3.63, 3.8) is 0 Å². The highest BCUT2D eigenvalue weighted by Gasteiger charge is 2.51. The van der Waals surface area contributed by atoms with Crippen LogP contribution >= 0.6 is 6.72 Å². The number of nitrogens with two attached hydrogens (primary N) is 2. The molecule has 3 aliphatic rings. The van der Waals surface area contributed by atoms with Crippen LogP contribution in [0.4, 0.5) is 11.6 Å². The zero-order valence-corrected chi connectivity index (χ0v) is 22.7. The van der Waals surface area contributed by atoms with E-state index in [1.807, 2.05) is 0 Å². The van der Waals surface area contributed by atoms with E-state index in [0.29, 0.717) is 22.3 Å². The molecule has 218 valence electrons. The van der Waals surface area contributed by atoms with Crippen molar-refractivity contribution in [3.8, 4) is 0 Å². The third-order valence-corrected chi connectivity index (χ3v) is 8.87. The van der Waals surface area contributed by atoms with E-state index in [9.17, 15) is 15.1 Å². The summed E-state index contributed by atoms with van der Waals surface area (Å²) in [5, 5.41) is 22.5. The quantitative estimate of drug-likeness (QED) is 0.167. The van der Waals surface area contributed by atoms with Gasteiger partial charge in [0.1, 0.15) is 54.2 Å². The number of hydrogen-bond donors (Lipinski definition) is 5. The van der Waals surface area contributed by atoms with E-state index in [2.05, 4.69) is 29.9 Å². The van der Waals surface area contributed by atoms with Gasteiger partial charge in [-0.3, -0.25) is 13.7 Å². The van der Waals surface area contributed by atoms with E-state index in [0.717, 1.165) is 0 Å². The van der Waals surface area contributed by atoms with Gasteiger partial charge in [0.25, 0.3) is 0 Å². The van der Waals surface area contributed by atoms with Crippen LogP contribution in [-0.2, 0) is 35.1 Å². The van der Waals surface area contributed by atoms with E-state index < -0.39 is 55.8 Å². The third kappa shape index (κ3) is 4.54. The molecule has 3 fully saturated rings. The van der Waals surface area contributed by atoms with Crippen molar-refractivity contribution in [1.29, 1.82) is 0 Å². The highest BCUT2D eigenvalue weighted by molar-refractivity contribution is 8.07. The van der Waals surface area contributed by atoms with Crippen molar-refractivity contribution in [2.75, 3.05) is 24.7 Å². The second kappa shape index (κ2) is 10.1. The maximum absolute atomic E-state index is 11.2. The minimum Gasteiger partial charge on any atom is -0.386 e. The molecule has 7 N–H and O–H groups in total. The molecule has 0 spiro atoms. The largest absolute Gasteiger partial charge is 0.386 e. The van der Waals surface area contributed by atoms with Gasteiger partial charge in [-0.2, -0.15) is 0 Å². The summed E-state index contributed by atoms with van der Waals surface area (Å²) in [6.07, 6.45) is -2.40. The first kappa shape index (κ1) is 26.9. The minimum absolute atomic E-state index is 0.0756. The number of fused-ring (bicyclic) bond motifs is 4. The Labute approximate surface area is 235 Å². The van der Waals surface area contributed by atoms with Crippen LogP contribution in [0.15, 0.2) is 25.3 Å². The number of aliphatic hydroxyl groups excluding tert-OH is 2. The fourth-order valence-corrected chi connectivity index (χ4v) is 6.83. The van der Waals surface area contributed by atoms with E-state index in [1.165, 1.54) is 34.4 Å². The Bertz CT molecular complexity index is 1660. The highest BCUT2D eigenvalue weighted by atomic mass is 32.5. The molecule has 0 radical (unpaired) electrons. The van der Waals surface area contributed by atoms with Gasteiger partial charge in [0.2, 0.25) is 0 Å². The Balaban J connectivity index is 1.14. The lowest BCUT2D eigenvalue weighted by Gasteiger charge is -2.25. The first-order chi connectivity index (χ1) is 19.7. The summed E-state index contributed by atoms with van der Waals surface area (Å²) in [6.45, 7) is -4.13. The Kier molecular flexibility index (Phi) is 6.62. The van der Waals surface area contributed by atoms with Gasteiger partial charge in [-0.1, -0.05) is 0 Å². The van der Waals surface area contributed by atoms with Crippen LogP contribution in [0.25, 0.3) is 22.3 Å². The molecule has 0 aliphatic carbocycles. The average molecular weight is 609 g/mol. The maximum atomic E-state index is 11.2. The summed E-state index contributed by atoms with van der Waals surface area (Å²) in [6, 6.07) is 0. The van der Waals surface area contributed by atoms with Crippen LogP contribution in [0.1, 0.15) is 18.9 Å². The molecule has 41 heavy (non-hydrogen) atoms. The molecule has 0 aromatic carbocycles. The topological polar surface area (TPSA) is 246 Å². The average Bonchev–Trinajstić information content (AvgIpc) is 3.69. The standard InChI is InChI=1S/C21H25N10O8PS/c22-16-10-18(26-4-24-16)30(6-28-10)20-12(32)14-9(38-20)3-36-40(34,41)39-15-8(1-2-35-14)37-21(13(15)33)31-7-29-11-17(23)25-5-27-19(11)31/h4-9,12-15,20-21,32-33H,1-3H2,(H,34,41)(H2,22,24,26)(H2,23,25,27). The number of imidazole rings is 2. The number of nitrogen functional groups attached to an aromatic ring is 2. The molecule has 7 rings (SSSR count). The van der Waals surface area contributed by atoms with E-state index >= 15 is 0 Å². The predicted octanol–water partition coefficient (Wildman–Crippen LogP) is -1.25. The second-order valence-electron chi connectivity index (χ2n) is 9.74. The van der Waals surface area contributed by atoms with Crippen molar-refractivity contribution in [1.82, 2.24) is 39.0 Å². The number of nitrogens with zero attached hydrogens (tertiary/aromatic N) is 8. The van der Waals surface area contributed by atoms with E-state index in [1.54, 1.807) is 0 Å². The van der Waals surface area contributed by atoms with Gasteiger partial charge < -0.3 is 45.3 Å². The fraction of sp³-hybridized carbons (Fsp3) is 0.524. The fourth-order valence-electron chi connectivity index (χ4n) is 5.39. The minimum atomic E-state index is -3.94. The van der Waals surface area contributed by atoms with Crippen molar-refractivity contribution in [2.24, 2.45) is 0 Å². The highest BCUT2D eigenvalue weighted by Crippen LogP contribution is 2.50. The molecule has 7 heterocycles. The summed E-state index contributed by atoms with van der Waals surface area (Å²) in [5.41, 5.74) is 13.2. The number of hydrogen-bond acceptors (Lipinski definition) is 16. The van der Waals surface area contributed by atoms with Gasteiger partial charge in [-0.25, -0.2) is 29.9 Å². The molecule has 20 heteroatoms. The molecular formula is C21H25N10O8PS. The summed E-state index contributed by atoms with van der Waals surface area (Å²) in [4.78, 5) is 35.7. The number of aromatic nitrogens is 8. The monoisotopic (exact) mass is 608 g/mol. The van der Waals surface area contributed by atoms with Crippen molar-refractivity contribution in [3.05, 3.63) is 25.3 Å². The smallest absolute Gasteiger partial charge is 0.325 e. The van der Waals surface area contributed by atoms with Crippen molar-refractivity contribution < 1.29 is 38.4 Å². The number of anilines is 2. The SMILES string of the molecule is Nc1ncnc2c1ncn2C1OC2COP(O)(=S)OC3C(CCOC2C1O)OC(n1cnc2c(N)ncnc21)C3O. The van der Waals surface area contributed by atoms with Gasteiger partial charge >= 0.3 is 6.72 Å². The molecule has 18 nitrogen and oxygen atoms in total. The van der Waals surface area contributed by atoms with E-state index in [-0.39, 0.29) is 31.3 Å². The van der Waals surface area contributed by atoms with Crippen LogP contribution in [0, 0.1) is 0 Å². The molecule has 0 bridgehead atoms. The number of rotatable bonds is 2. The van der Waals surface area contributed by atoms with Crippen LogP contribution in [0.3, 0.4) is 0 Å². The first-order valence-corrected chi connectivity index (χ1v) is 15.1. The van der Waals surface area contributed by atoms with Crippen molar-refractivity contribution >= 4 is 52.5 Å². The predicted molar refractivity (Wildman–Crippen MR) is 141 cm³/mol. The van der Waals surface area contributed by atoms with Gasteiger partial charge in [0, 0.05) is 6.61 Å². The van der Waals surface area contributed by atoms with Crippen molar-refractivity contribution in [2.45, 2.75) is 55.5 Å². The van der Waals surface area contributed by atoms with Gasteiger partial charge in [0.15, 0.2) is 35.4 Å². The van der Waals surface area contributed by atoms with Gasteiger partial charge in [-0.15, -0.1) is 0 Å². The number of aliphatic hydroxyl groups is 2. The maximum Gasteiger partial charge on any atom is 0.325 e. The zero-order chi connectivity index (χ0) is 28.5. The van der Waals surface area contributed by atoms with Crippen LogP contribution in [0.2, 0.25) is 0 Å². The number of ether oxygens (including phenoxy) is 3. The molecule has 3 saturated heterocycles. The first-order valence-electron chi connectivity index (χ1n) is 12.5. The Morgan fingerprint density at radius 2 is 1.39 bits per heavy atom. The lowest BCUT2D eigenvalue weighted by atomic mass is 10.1. The molecule has 4 aromatic rings. The second-order valence-corrected chi connectivity index (χ2v) is 12.5. The van der Waals surface area contributed by atoms with Crippen LogP contribution < -0.4 is 11.5 Å². The Hall–Kier alpha value is -2.97. The molecule has 9 unspecified atom stereocenters. The van der Waals surface area contributed by atoms with Crippen LogP contribution in [-0.4, -0.2) is 104 Å². The Morgan fingerprint density at radius 1 is 0.829 bits per heavy atom. The molecule has 0 saturated carbocycles. The zero-order valence-electron chi connectivity index (χ0n) is 21.0. The molecule has 4 aromatic heterocycles. The summed E-state index contributed by atoms with van der Waals surface area (Å²) in [5.74, 6) is 0.352. The normalized spacial score (nSPS) is 36.3. The molecular weight excluding hydrogens is 583 g/mol. The molecule has 0 amide bonds. The van der Waals surface area contributed by atoms with Gasteiger partial charge in [-0.05, 0) is 18.2 Å². The molecule has 9 atom stereocenters. The lowest BCUT2D eigenvalue weighted by Crippen LogP contribution is -2.37. The van der Waals surface area contributed by atoms with E-state index in [4.69, 9.17) is 46.5 Å². The summed E-state index contributed by atoms with van der Waals surface area (Å²) >= 11 is 5.27.